The first-order valence-electron chi connectivity index (χ1n) is 5.53. The molecule has 0 aromatic carbocycles. The smallest absolute Gasteiger partial charge is 0.0521 e. The monoisotopic (exact) mass is 196 g/mol. The van der Waals surface area contributed by atoms with Crippen molar-refractivity contribution in [1.82, 2.24) is 0 Å². The fourth-order valence-electron chi connectivity index (χ4n) is 1.45. The van der Waals surface area contributed by atoms with Crippen LogP contribution in [0.3, 0.4) is 0 Å². The molecule has 0 amide bonds. The lowest BCUT2D eigenvalue weighted by atomic mass is 9.80. The van der Waals surface area contributed by atoms with Crippen LogP contribution in [0, 0.1) is 5.41 Å². The van der Waals surface area contributed by atoms with Gasteiger partial charge in [0.05, 0.1) is 6.61 Å². The molecular formula is C13H24O. The molecule has 1 nitrogen and oxygen atoms in total. The first-order chi connectivity index (χ1) is 6.60. The lowest BCUT2D eigenvalue weighted by Crippen LogP contribution is -2.22. The van der Waals surface area contributed by atoms with Gasteiger partial charge in [0, 0.05) is 5.41 Å². The summed E-state index contributed by atoms with van der Waals surface area (Å²) in [6.07, 6.45) is 8.37. The Kier molecular flexibility index (Phi) is 6.56. The number of hydrogen-bond donors (Lipinski definition) is 1. The van der Waals surface area contributed by atoms with E-state index in [1.807, 2.05) is 6.92 Å². The maximum Gasteiger partial charge on any atom is 0.0521 e. The van der Waals surface area contributed by atoms with Gasteiger partial charge in [-0.05, 0) is 32.6 Å². The van der Waals surface area contributed by atoms with Crippen LogP contribution in [0.2, 0.25) is 0 Å². The quantitative estimate of drug-likeness (QED) is 0.616. The van der Waals surface area contributed by atoms with Crippen molar-refractivity contribution < 1.29 is 5.11 Å². The van der Waals surface area contributed by atoms with Gasteiger partial charge in [0.25, 0.3) is 0 Å². The normalized spacial score (nSPS) is 15.7. The zero-order valence-corrected chi connectivity index (χ0v) is 9.84. The fourth-order valence-corrected chi connectivity index (χ4v) is 1.45. The average Bonchev–Trinajstić information content (AvgIpc) is 2.19. The SMILES string of the molecule is C=C(C)CCC(C=CCC)(CC)CO. The van der Waals surface area contributed by atoms with Crippen molar-refractivity contribution in [3.05, 3.63) is 24.3 Å². The van der Waals surface area contributed by atoms with E-state index in [9.17, 15) is 5.11 Å². The van der Waals surface area contributed by atoms with E-state index >= 15 is 0 Å². The van der Waals surface area contributed by atoms with E-state index in [1.54, 1.807) is 0 Å². The van der Waals surface area contributed by atoms with Crippen LogP contribution in [0.15, 0.2) is 24.3 Å². The molecule has 1 unspecified atom stereocenters. The van der Waals surface area contributed by atoms with Gasteiger partial charge in [-0.2, -0.15) is 0 Å². The van der Waals surface area contributed by atoms with Gasteiger partial charge in [-0.1, -0.05) is 31.6 Å². The topological polar surface area (TPSA) is 20.2 Å². The van der Waals surface area contributed by atoms with Gasteiger partial charge in [0.15, 0.2) is 0 Å². The molecule has 0 saturated carbocycles. The van der Waals surface area contributed by atoms with Crippen molar-refractivity contribution in [2.75, 3.05) is 6.61 Å². The number of aliphatic hydroxyl groups excluding tert-OH is 1. The van der Waals surface area contributed by atoms with E-state index in [-0.39, 0.29) is 12.0 Å². The van der Waals surface area contributed by atoms with Crippen LogP contribution in [0.1, 0.15) is 46.5 Å². The summed E-state index contributed by atoms with van der Waals surface area (Å²) in [6.45, 7) is 10.4. The van der Waals surface area contributed by atoms with E-state index in [0.717, 1.165) is 25.7 Å². The molecule has 1 N–H and O–H groups in total. The summed E-state index contributed by atoms with van der Waals surface area (Å²) in [5.41, 5.74) is 1.18. The Hall–Kier alpha value is -0.560. The largest absolute Gasteiger partial charge is 0.395 e. The third-order valence-electron chi connectivity index (χ3n) is 2.78. The summed E-state index contributed by atoms with van der Waals surface area (Å²) < 4.78 is 0. The van der Waals surface area contributed by atoms with Crippen LogP contribution in [-0.2, 0) is 0 Å². The molecule has 0 heterocycles. The maximum absolute atomic E-state index is 9.44. The Morgan fingerprint density at radius 1 is 1.43 bits per heavy atom. The van der Waals surface area contributed by atoms with E-state index < -0.39 is 0 Å². The van der Waals surface area contributed by atoms with Gasteiger partial charge in [-0.15, -0.1) is 6.58 Å². The van der Waals surface area contributed by atoms with E-state index in [1.165, 1.54) is 5.57 Å². The van der Waals surface area contributed by atoms with Crippen molar-refractivity contribution in [2.45, 2.75) is 46.5 Å². The predicted octanol–water partition coefficient (Wildman–Crippen LogP) is 3.70. The van der Waals surface area contributed by atoms with Crippen LogP contribution in [0.5, 0.6) is 0 Å². The van der Waals surface area contributed by atoms with Crippen molar-refractivity contribution >= 4 is 0 Å². The van der Waals surface area contributed by atoms with Crippen LogP contribution in [0.4, 0.5) is 0 Å². The summed E-state index contributed by atoms with van der Waals surface area (Å²) >= 11 is 0. The zero-order valence-electron chi connectivity index (χ0n) is 9.84. The molecule has 0 aromatic rings. The van der Waals surface area contributed by atoms with E-state index in [2.05, 4.69) is 32.6 Å². The highest BCUT2D eigenvalue weighted by Gasteiger charge is 2.23. The summed E-state index contributed by atoms with van der Waals surface area (Å²) in [6, 6.07) is 0. The molecule has 0 bridgehead atoms. The standard InChI is InChI=1S/C13H24O/c1-5-7-9-13(6-2,11-14)10-8-12(3)4/h7,9,14H,3,5-6,8,10-11H2,1-2,4H3. The second-order valence-electron chi connectivity index (χ2n) is 4.14. The van der Waals surface area contributed by atoms with Crippen molar-refractivity contribution in [3.63, 3.8) is 0 Å². The number of aliphatic hydroxyl groups is 1. The molecular weight excluding hydrogens is 172 g/mol. The first kappa shape index (κ1) is 13.4. The Bertz CT molecular complexity index is 187. The van der Waals surface area contributed by atoms with Gasteiger partial charge in [0.1, 0.15) is 0 Å². The summed E-state index contributed by atoms with van der Waals surface area (Å²) in [4.78, 5) is 0. The fraction of sp³-hybridized carbons (Fsp3) is 0.692. The van der Waals surface area contributed by atoms with Crippen LogP contribution >= 0.6 is 0 Å². The maximum atomic E-state index is 9.44. The number of rotatable bonds is 7. The molecule has 0 aromatic heterocycles. The second-order valence-corrected chi connectivity index (χ2v) is 4.14. The minimum Gasteiger partial charge on any atom is -0.395 e. The van der Waals surface area contributed by atoms with Crippen LogP contribution < -0.4 is 0 Å². The summed E-state index contributed by atoms with van der Waals surface area (Å²) in [5.74, 6) is 0. The van der Waals surface area contributed by atoms with Gasteiger partial charge in [0.2, 0.25) is 0 Å². The number of hydrogen-bond acceptors (Lipinski definition) is 1. The molecule has 1 heteroatoms. The van der Waals surface area contributed by atoms with E-state index in [0.29, 0.717) is 0 Å². The van der Waals surface area contributed by atoms with Crippen molar-refractivity contribution in [3.8, 4) is 0 Å². The number of allylic oxidation sites excluding steroid dienone is 2. The Morgan fingerprint density at radius 2 is 2.07 bits per heavy atom. The lowest BCUT2D eigenvalue weighted by molar-refractivity contribution is 0.155. The third-order valence-corrected chi connectivity index (χ3v) is 2.78. The third kappa shape index (κ3) is 4.61. The van der Waals surface area contributed by atoms with Crippen LogP contribution in [0.25, 0.3) is 0 Å². The van der Waals surface area contributed by atoms with Crippen molar-refractivity contribution in [2.24, 2.45) is 5.41 Å². The molecule has 0 spiro atoms. The first-order valence-corrected chi connectivity index (χ1v) is 5.53. The summed E-state index contributed by atoms with van der Waals surface area (Å²) in [5, 5.41) is 9.44. The van der Waals surface area contributed by atoms with Gasteiger partial charge in [-0.3, -0.25) is 0 Å². The minimum atomic E-state index is -0.0189. The van der Waals surface area contributed by atoms with Crippen molar-refractivity contribution in [1.29, 1.82) is 0 Å². The van der Waals surface area contributed by atoms with Gasteiger partial charge < -0.3 is 5.11 Å². The molecule has 0 rings (SSSR count). The molecule has 0 aliphatic rings. The Balaban J connectivity index is 4.36. The summed E-state index contributed by atoms with van der Waals surface area (Å²) in [7, 11) is 0. The average molecular weight is 196 g/mol. The minimum absolute atomic E-state index is 0.0189. The van der Waals surface area contributed by atoms with E-state index in [4.69, 9.17) is 0 Å². The molecule has 0 aliphatic carbocycles. The molecule has 0 fully saturated rings. The molecule has 0 radical (unpaired) electrons. The lowest BCUT2D eigenvalue weighted by Gasteiger charge is -2.27. The molecule has 82 valence electrons. The predicted molar refractivity (Wildman–Crippen MR) is 63.3 cm³/mol. The molecule has 14 heavy (non-hydrogen) atoms. The highest BCUT2D eigenvalue weighted by molar-refractivity contribution is 5.01. The van der Waals surface area contributed by atoms with Gasteiger partial charge in [-0.25, -0.2) is 0 Å². The zero-order chi connectivity index (χ0) is 11.0. The highest BCUT2D eigenvalue weighted by atomic mass is 16.3. The van der Waals surface area contributed by atoms with Gasteiger partial charge >= 0.3 is 0 Å². The molecule has 0 saturated heterocycles. The second kappa shape index (κ2) is 6.83. The van der Waals surface area contributed by atoms with Crippen LogP contribution in [-0.4, -0.2) is 11.7 Å². The molecule has 1 atom stereocenters. The Morgan fingerprint density at radius 3 is 2.43 bits per heavy atom. The Labute approximate surface area is 88.5 Å². The molecule has 0 aliphatic heterocycles. The highest BCUT2D eigenvalue weighted by Crippen LogP contribution is 2.30.